The molecule has 8 heteroatoms. The van der Waals surface area contributed by atoms with E-state index in [9.17, 15) is 4.79 Å². The molecule has 1 heterocycles. The number of hydrogen-bond donors (Lipinski definition) is 2. The first kappa shape index (κ1) is 16.8. The first-order chi connectivity index (χ1) is 11.0. The molecule has 0 spiro atoms. The van der Waals surface area contributed by atoms with E-state index in [1.54, 1.807) is 20.0 Å². The summed E-state index contributed by atoms with van der Waals surface area (Å²) in [6.45, 7) is 1.82. The molecule has 0 atom stereocenters. The third kappa shape index (κ3) is 4.22. The lowest BCUT2D eigenvalue weighted by Crippen LogP contribution is -2.33. The van der Waals surface area contributed by atoms with Crippen LogP contribution in [0.4, 0.5) is 5.82 Å². The number of carbonyl (C=O) groups excluding carboxylic acids is 1. The quantitative estimate of drug-likeness (QED) is 0.788. The van der Waals surface area contributed by atoms with Gasteiger partial charge in [-0.25, -0.2) is 0 Å². The van der Waals surface area contributed by atoms with E-state index in [0.29, 0.717) is 22.1 Å². The average molecular weight is 334 g/mol. The maximum Gasteiger partial charge on any atom is 0.264 e. The van der Waals surface area contributed by atoms with E-state index in [2.05, 4.69) is 16.0 Å². The van der Waals surface area contributed by atoms with Gasteiger partial charge in [-0.1, -0.05) is 29.8 Å². The molecular weight excluding hydrogens is 318 g/mol. The van der Waals surface area contributed by atoms with Crippen LogP contribution >= 0.6 is 11.6 Å². The number of aryl methyl sites for hydroxylation is 2. The van der Waals surface area contributed by atoms with Crippen molar-refractivity contribution in [3.63, 3.8) is 0 Å². The first-order valence-electron chi connectivity index (χ1n) is 6.82. The van der Waals surface area contributed by atoms with Crippen molar-refractivity contribution < 1.29 is 9.53 Å². The molecule has 23 heavy (non-hydrogen) atoms. The molecule has 0 unspecified atom stereocenters. The average Bonchev–Trinajstić information content (AvgIpc) is 2.80. The van der Waals surface area contributed by atoms with Crippen molar-refractivity contribution in [1.29, 1.82) is 5.26 Å². The number of benzene rings is 1. The number of nitrogens with zero attached hydrogens (tertiary/aromatic N) is 3. The molecule has 120 valence electrons. The van der Waals surface area contributed by atoms with E-state index >= 15 is 0 Å². The lowest BCUT2D eigenvalue weighted by atomic mass is 10.2. The molecule has 0 fully saturated rings. The Morgan fingerprint density at radius 2 is 2.22 bits per heavy atom. The largest absolute Gasteiger partial charge is 0.367 e. The van der Waals surface area contributed by atoms with E-state index in [4.69, 9.17) is 21.6 Å². The number of nitriles is 1. The third-order valence-electron chi connectivity index (χ3n) is 3.10. The van der Waals surface area contributed by atoms with E-state index in [1.807, 2.05) is 24.3 Å². The van der Waals surface area contributed by atoms with Gasteiger partial charge in [0.2, 0.25) is 0 Å². The van der Waals surface area contributed by atoms with Crippen molar-refractivity contribution in [2.45, 2.75) is 13.5 Å². The van der Waals surface area contributed by atoms with E-state index in [0.717, 1.165) is 5.56 Å². The fraction of sp³-hybridized carbons (Fsp3) is 0.267. The van der Waals surface area contributed by atoms with Crippen LogP contribution in [0.25, 0.3) is 0 Å². The number of hydrogen-bond acceptors (Lipinski definition) is 5. The zero-order chi connectivity index (χ0) is 16.8. The van der Waals surface area contributed by atoms with Gasteiger partial charge in [0.25, 0.3) is 5.91 Å². The number of halogens is 1. The van der Waals surface area contributed by atoms with E-state index in [1.165, 1.54) is 4.68 Å². The summed E-state index contributed by atoms with van der Waals surface area (Å²) in [5, 5.41) is 13.8. The zero-order valence-electron chi connectivity index (χ0n) is 12.8. The highest BCUT2D eigenvalue weighted by molar-refractivity contribution is 6.31. The molecule has 1 aromatic heterocycles. The van der Waals surface area contributed by atoms with Gasteiger partial charge in [-0.15, -0.1) is 0 Å². The Morgan fingerprint density at radius 1 is 1.48 bits per heavy atom. The fourth-order valence-electron chi connectivity index (χ4n) is 1.97. The topological polar surface area (TPSA) is 92.0 Å². The van der Waals surface area contributed by atoms with Crippen molar-refractivity contribution in [1.82, 2.24) is 15.2 Å². The molecule has 2 N–H and O–H groups in total. The van der Waals surface area contributed by atoms with Crippen molar-refractivity contribution in [2.75, 3.05) is 12.0 Å². The molecule has 0 aliphatic rings. The molecule has 1 amide bonds. The highest BCUT2D eigenvalue weighted by atomic mass is 35.5. The van der Waals surface area contributed by atoms with E-state index < -0.39 is 0 Å². The second-order valence-electron chi connectivity index (χ2n) is 4.80. The molecule has 0 saturated carbocycles. The lowest BCUT2D eigenvalue weighted by Gasteiger charge is -2.10. The van der Waals surface area contributed by atoms with Crippen molar-refractivity contribution in [3.05, 3.63) is 46.1 Å². The summed E-state index contributed by atoms with van der Waals surface area (Å²) in [4.78, 5) is 11.8. The van der Waals surface area contributed by atoms with Gasteiger partial charge in [0.15, 0.2) is 5.82 Å². The van der Waals surface area contributed by atoms with Gasteiger partial charge in [0, 0.05) is 12.1 Å². The number of amides is 1. The second-order valence-corrected chi connectivity index (χ2v) is 5.21. The summed E-state index contributed by atoms with van der Waals surface area (Å²) in [6, 6.07) is 9.30. The summed E-state index contributed by atoms with van der Waals surface area (Å²) >= 11 is 6.00. The summed E-state index contributed by atoms with van der Waals surface area (Å²) in [5.74, 6) is 0.0456. The first-order valence-corrected chi connectivity index (χ1v) is 7.20. The molecule has 0 bridgehead atoms. The van der Waals surface area contributed by atoms with Crippen LogP contribution in [-0.4, -0.2) is 22.3 Å². The van der Waals surface area contributed by atoms with Crippen LogP contribution in [0.3, 0.4) is 0 Å². The van der Waals surface area contributed by atoms with Gasteiger partial charge < -0.3 is 4.74 Å². The normalized spacial score (nSPS) is 10.2. The number of rotatable bonds is 6. The van der Waals surface area contributed by atoms with Crippen molar-refractivity contribution in [2.24, 2.45) is 7.05 Å². The molecule has 0 aliphatic carbocycles. The van der Waals surface area contributed by atoms with Crippen molar-refractivity contribution >= 4 is 23.3 Å². The van der Waals surface area contributed by atoms with Gasteiger partial charge in [0.05, 0.1) is 12.3 Å². The maximum atomic E-state index is 11.8. The molecule has 2 aromatic rings. The zero-order valence-corrected chi connectivity index (χ0v) is 13.5. The minimum Gasteiger partial charge on any atom is -0.367 e. The van der Waals surface area contributed by atoms with Crippen LogP contribution in [-0.2, 0) is 23.2 Å². The Bertz CT molecular complexity index is 751. The lowest BCUT2D eigenvalue weighted by molar-refractivity contribution is -0.125. The SMILES string of the molecule is Cc1nn(C)c(NNC(=O)COCc2ccccc2Cl)c1C#N. The van der Waals surface area contributed by atoms with Crippen LogP contribution < -0.4 is 10.9 Å². The molecule has 2 rings (SSSR count). The highest BCUT2D eigenvalue weighted by Gasteiger charge is 2.13. The fourth-order valence-corrected chi connectivity index (χ4v) is 2.16. The monoisotopic (exact) mass is 333 g/mol. The molecule has 1 aromatic carbocycles. The van der Waals surface area contributed by atoms with Gasteiger partial charge in [-0.2, -0.15) is 10.4 Å². The molecule has 7 nitrogen and oxygen atoms in total. The number of hydrazine groups is 1. The van der Waals surface area contributed by atoms with E-state index in [-0.39, 0.29) is 19.1 Å². The van der Waals surface area contributed by atoms with Crippen LogP contribution in [0, 0.1) is 18.3 Å². The Labute approximate surface area is 138 Å². The number of nitrogens with one attached hydrogen (secondary N) is 2. The smallest absolute Gasteiger partial charge is 0.264 e. The van der Waals surface area contributed by atoms with Gasteiger partial charge >= 0.3 is 0 Å². The second kappa shape index (κ2) is 7.63. The summed E-state index contributed by atoms with van der Waals surface area (Å²) in [6.07, 6.45) is 0. The van der Waals surface area contributed by atoms with Gasteiger partial charge in [0.1, 0.15) is 18.2 Å². The Morgan fingerprint density at radius 3 is 2.91 bits per heavy atom. The summed E-state index contributed by atoms with van der Waals surface area (Å²) in [5.41, 5.74) is 6.93. The minimum absolute atomic E-state index is 0.142. The number of carbonyl (C=O) groups is 1. The van der Waals surface area contributed by atoms with Crippen molar-refractivity contribution in [3.8, 4) is 6.07 Å². The van der Waals surface area contributed by atoms with Crippen LogP contribution in [0.5, 0.6) is 0 Å². The molecular formula is C15H16ClN5O2. The summed E-state index contributed by atoms with van der Waals surface area (Å²) in [7, 11) is 1.68. The highest BCUT2D eigenvalue weighted by Crippen LogP contribution is 2.16. The minimum atomic E-state index is -0.375. The predicted octanol–water partition coefficient (Wildman–Crippen LogP) is 1.91. The maximum absolute atomic E-state index is 11.8. The molecule has 0 aliphatic heterocycles. The van der Waals surface area contributed by atoms with Crippen LogP contribution in [0.2, 0.25) is 5.02 Å². The number of anilines is 1. The number of ether oxygens (including phenoxy) is 1. The Hall–Kier alpha value is -2.56. The summed E-state index contributed by atoms with van der Waals surface area (Å²) < 4.78 is 6.80. The number of aromatic nitrogens is 2. The van der Waals surface area contributed by atoms with Crippen LogP contribution in [0.15, 0.2) is 24.3 Å². The third-order valence-corrected chi connectivity index (χ3v) is 3.47. The standard InChI is InChI=1S/C15H16ClN5O2/c1-10-12(7-17)15(21(2)20-10)19-18-14(22)9-23-8-11-5-3-4-6-13(11)16/h3-6,19H,8-9H2,1-2H3,(H,18,22). The molecule has 0 saturated heterocycles. The van der Waals surface area contributed by atoms with Gasteiger partial charge in [-0.3, -0.25) is 20.3 Å². The molecule has 0 radical (unpaired) electrons. The Balaban J connectivity index is 1.82. The van der Waals surface area contributed by atoms with Crippen LogP contribution in [0.1, 0.15) is 16.8 Å². The predicted molar refractivity (Wildman–Crippen MR) is 85.5 cm³/mol. The Kier molecular flexibility index (Phi) is 5.57. The van der Waals surface area contributed by atoms with Gasteiger partial charge in [-0.05, 0) is 18.6 Å².